The molecule has 2 aliphatic rings. The average molecular weight is 388 g/mol. The molecule has 0 saturated carbocycles. The average Bonchev–Trinajstić information content (AvgIpc) is 3.03. The van der Waals surface area contributed by atoms with Crippen molar-refractivity contribution in [2.24, 2.45) is 5.92 Å². The lowest BCUT2D eigenvalue weighted by atomic mass is 9.75. The maximum atomic E-state index is 12.9. The Labute approximate surface area is 166 Å². The highest BCUT2D eigenvalue weighted by Gasteiger charge is 2.33. The normalized spacial score (nSPS) is 18.9. The Hall–Kier alpha value is -1.90. The maximum Gasteiger partial charge on any atom is 0.492 e. The molecule has 1 unspecified atom stereocenters. The van der Waals surface area contributed by atoms with Gasteiger partial charge in [-0.2, -0.15) is 0 Å². The Morgan fingerprint density at radius 1 is 1.32 bits per heavy atom. The highest BCUT2D eigenvalue weighted by atomic mass is 16.5. The number of rotatable bonds is 5. The van der Waals surface area contributed by atoms with Crippen LogP contribution in [0.25, 0.3) is 0 Å². The largest absolute Gasteiger partial charge is 0.492 e. The first kappa shape index (κ1) is 20.8. The van der Waals surface area contributed by atoms with Crippen molar-refractivity contribution in [1.82, 2.24) is 10.2 Å². The first-order valence-corrected chi connectivity index (χ1v) is 9.90. The molecule has 1 atom stereocenters. The van der Waals surface area contributed by atoms with Gasteiger partial charge in [0, 0.05) is 18.7 Å². The summed E-state index contributed by atoms with van der Waals surface area (Å²) < 4.78 is 10.9. The van der Waals surface area contributed by atoms with Crippen LogP contribution in [0, 0.1) is 12.8 Å². The van der Waals surface area contributed by atoms with E-state index in [1.165, 1.54) is 0 Å². The molecule has 2 N–H and O–H groups in total. The van der Waals surface area contributed by atoms with Crippen LogP contribution < -0.4 is 10.8 Å². The Kier molecular flexibility index (Phi) is 6.42. The molecule has 1 saturated heterocycles. The lowest BCUT2D eigenvalue weighted by Crippen LogP contribution is -2.47. The van der Waals surface area contributed by atoms with E-state index in [1.54, 1.807) is 19.1 Å². The number of piperidine rings is 1. The van der Waals surface area contributed by atoms with Gasteiger partial charge in [-0.25, -0.2) is 4.79 Å². The van der Waals surface area contributed by atoms with Crippen LogP contribution in [-0.2, 0) is 20.8 Å². The number of esters is 1. The number of nitrogens with zero attached hydrogens (tertiary/aromatic N) is 1. The summed E-state index contributed by atoms with van der Waals surface area (Å²) in [5, 5.41) is 12.8. The van der Waals surface area contributed by atoms with Crippen LogP contribution in [0.3, 0.4) is 0 Å². The predicted molar refractivity (Wildman–Crippen MR) is 106 cm³/mol. The maximum absolute atomic E-state index is 12.9. The molecule has 2 heterocycles. The molecule has 7 nitrogen and oxygen atoms in total. The number of likely N-dealkylation sites (tertiary alicyclic amines) is 1. The van der Waals surface area contributed by atoms with Gasteiger partial charge in [-0.05, 0) is 55.4 Å². The monoisotopic (exact) mass is 388 g/mol. The van der Waals surface area contributed by atoms with Crippen molar-refractivity contribution >= 4 is 24.5 Å². The zero-order valence-electron chi connectivity index (χ0n) is 17.0. The quantitative estimate of drug-likeness (QED) is 0.568. The van der Waals surface area contributed by atoms with Crippen LogP contribution in [0.5, 0.6) is 0 Å². The molecule has 3 rings (SSSR count). The number of amides is 1. The second kappa shape index (κ2) is 8.63. The van der Waals surface area contributed by atoms with Gasteiger partial charge in [-0.3, -0.25) is 4.79 Å². The van der Waals surface area contributed by atoms with Crippen molar-refractivity contribution in [3.8, 4) is 0 Å². The topological polar surface area (TPSA) is 88.1 Å². The summed E-state index contributed by atoms with van der Waals surface area (Å²) in [6, 6.07) is 2.78. The number of nitrogens with one attached hydrogen (secondary N) is 1. The molecule has 2 aliphatic heterocycles. The fraction of sp³-hybridized carbons (Fsp3) is 0.600. The zero-order valence-corrected chi connectivity index (χ0v) is 17.0. The van der Waals surface area contributed by atoms with Crippen molar-refractivity contribution < 1.29 is 24.0 Å². The molecule has 0 spiro atoms. The molecule has 152 valence electrons. The van der Waals surface area contributed by atoms with Crippen LogP contribution in [0.4, 0.5) is 0 Å². The van der Waals surface area contributed by atoms with Crippen molar-refractivity contribution in [1.29, 1.82) is 0 Å². The zero-order chi connectivity index (χ0) is 20.4. The minimum atomic E-state index is -1.02. The number of fused-ring (bicyclic) bond motifs is 1. The van der Waals surface area contributed by atoms with Crippen molar-refractivity contribution in [2.45, 2.75) is 52.4 Å². The van der Waals surface area contributed by atoms with Crippen LogP contribution in [0.15, 0.2) is 12.1 Å². The fourth-order valence-corrected chi connectivity index (χ4v) is 3.81. The number of benzene rings is 1. The lowest BCUT2D eigenvalue weighted by molar-refractivity contribution is -0.154. The second-order valence-electron chi connectivity index (χ2n) is 8.11. The molecule has 1 aromatic carbocycles. The van der Waals surface area contributed by atoms with Crippen LogP contribution in [-0.4, -0.2) is 61.2 Å². The predicted octanol–water partition coefficient (Wildman–Crippen LogP) is 0.605. The van der Waals surface area contributed by atoms with E-state index in [2.05, 4.69) is 17.3 Å². The minimum absolute atomic E-state index is 0.101. The third kappa shape index (κ3) is 4.40. The van der Waals surface area contributed by atoms with Gasteiger partial charge in [0.05, 0.1) is 6.61 Å². The molecule has 0 bridgehead atoms. The summed E-state index contributed by atoms with van der Waals surface area (Å²) in [6.45, 7) is 7.68. The first-order chi connectivity index (χ1) is 13.3. The first-order valence-electron chi connectivity index (χ1n) is 9.90. The van der Waals surface area contributed by atoms with E-state index in [0.29, 0.717) is 23.2 Å². The van der Waals surface area contributed by atoms with Gasteiger partial charge < -0.3 is 24.6 Å². The van der Waals surface area contributed by atoms with Gasteiger partial charge in [0.1, 0.15) is 12.1 Å². The number of ether oxygens (including phenoxy) is 1. The summed E-state index contributed by atoms with van der Waals surface area (Å²) in [5.74, 6) is -0.843. The number of carbonyl (C=O) groups is 2. The van der Waals surface area contributed by atoms with Crippen LogP contribution in [0.2, 0.25) is 0 Å². The van der Waals surface area contributed by atoms with Gasteiger partial charge in [-0.15, -0.1) is 0 Å². The summed E-state index contributed by atoms with van der Waals surface area (Å²) in [7, 11) is 1.04. The third-order valence-corrected chi connectivity index (χ3v) is 5.65. The Morgan fingerprint density at radius 2 is 2.00 bits per heavy atom. The molecule has 1 aromatic rings. The Morgan fingerprint density at radius 3 is 2.64 bits per heavy atom. The van der Waals surface area contributed by atoms with E-state index in [9.17, 15) is 14.6 Å². The summed E-state index contributed by atoms with van der Waals surface area (Å²) in [6.07, 6.45) is 1.52. The van der Waals surface area contributed by atoms with E-state index in [4.69, 9.17) is 9.39 Å². The number of carbonyl (C=O) groups excluding carboxylic acids is 2. The molecule has 1 amide bonds. The Balaban J connectivity index is 1.70. The van der Waals surface area contributed by atoms with Gasteiger partial charge in [0.25, 0.3) is 5.91 Å². The molecule has 28 heavy (non-hydrogen) atoms. The lowest BCUT2D eigenvalue weighted by Gasteiger charge is -2.30. The molecule has 8 heteroatoms. The fourth-order valence-electron chi connectivity index (χ4n) is 3.81. The molecule has 0 aliphatic carbocycles. The van der Waals surface area contributed by atoms with E-state index in [1.807, 2.05) is 13.8 Å². The van der Waals surface area contributed by atoms with Gasteiger partial charge in [-0.1, -0.05) is 19.9 Å². The second-order valence-corrected chi connectivity index (χ2v) is 8.11. The van der Waals surface area contributed by atoms with E-state index in [-0.39, 0.29) is 23.9 Å². The van der Waals surface area contributed by atoms with Gasteiger partial charge >= 0.3 is 13.1 Å². The van der Waals surface area contributed by atoms with Crippen molar-refractivity contribution in [2.75, 3.05) is 20.1 Å². The highest BCUT2D eigenvalue weighted by molar-refractivity contribution is 6.62. The highest BCUT2D eigenvalue weighted by Crippen LogP contribution is 2.18. The number of hydrogen-bond donors (Lipinski definition) is 2. The molecule has 0 aromatic heterocycles. The Bertz CT molecular complexity index is 746. The van der Waals surface area contributed by atoms with Crippen LogP contribution >= 0.6 is 0 Å². The van der Waals surface area contributed by atoms with Gasteiger partial charge in [0.2, 0.25) is 0 Å². The molecule has 0 radical (unpaired) electrons. The third-order valence-electron chi connectivity index (χ3n) is 5.65. The summed E-state index contributed by atoms with van der Waals surface area (Å²) >= 11 is 0. The molecular weight excluding hydrogens is 359 g/mol. The number of hydrogen-bond acceptors (Lipinski definition) is 6. The smallest absolute Gasteiger partial charge is 0.461 e. The molecule has 1 fully saturated rings. The molecular formula is C20H29BN2O5. The van der Waals surface area contributed by atoms with Gasteiger partial charge in [0.15, 0.2) is 0 Å². The van der Waals surface area contributed by atoms with E-state index >= 15 is 0 Å². The minimum Gasteiger partial charge on any atom is -0.461 e. The van der Waals surface area contributed by atoms with Crippen LogP contribution in [0.1, 0.15) is 48.2 Å². The van der Waals surface area contributed by atoms with Crippen molar-refractivity contribution in [3.63, 3.8) is 0 Å². The van der Waals surface area contributed by atoms with Crippen molar-refractivity contribution in [3.05, 3.63) is 28.8 Å². The van der Waals surface area contributed by atoms with E-state index in [0.717, 1.165) is 31.5 Å². The summed E-state index contributed by atoms with van der Waals surface area (Å²) in [4.78, 5) is 27.8. The standard InChI is InChI=1S/C20H29BN2O5/c1-12(2)18(20(25)28-15-7-9-23(4)10-8-15)22-19(24)16-6-5-14-11-27-21(26)17(14)13(16)3/h5-6,12,15,18,26H,7-11H2,1-4H3,(H,22,24). The van der Waals surface area contributed by atoms with E-state index < -0.39 is 13.2 Å². The SMILES string of the molecule is Cc1c(C(=O)NC(C(=O)OC2CCN(C)CC2)C(C)C)ccc2c1B(O)OC2. The summed E-state index contributed by atoms with van der Waals surface area (Å²) in [5.41, 5.74) is 2.62.